The molecule has 0 aliphatic heterocycles. The first-order chi connectivity index (χ1) is 15.1. The van der Waals surface area contributed by atoms with Gasteiger partial charge in [-0.05, 0) is 53.0 Å². The van der Waals surface area contributed by atoms with Gasteiger partial charge >= 0.3 is 0 Å². The molecular weight excluding hydrogens is 386 g/mol. The summed E-state index contributed by atoms with van der Waals surface area (Å²) in [5, 5.41) is 1.44. The van der Waals surface area contributed by atoms with Crippen LogP contribution in [0, 0.1) is 11.6 Å². The minimum absolute atomic E-state index is 0.306. The van der Waals surface area contributed by atoms with Gasteiger partial charge in [0.05, 0.1) is 0 Å². The van der Waals surface area contributed by atoms with Crippen LogP contribution in [0.5, 0.6) is 0 Å². The van der Waals surface area contributed by atoms with Gasteiger partial charge in [0.2, 0.25) is 0 Å². The second kappa shape index (κ2) is 9.26. The van der Waals surface area contributed by atoms with Crippen LogP contribution in [0.2, 0.25) is 0 Å². The first-order valence-electron chi connectivity index (χ1n) is 10.8. The number of rotatable bonds is 7. The van der Waals surface area contributed by atoms with Crippen molar-refractivity contribution < 1.29 is 8.78 Å². The molecule has 4 rings (SSSR count). The Kier molecular flexibility index (Phi) is 6.27. The van der Waals surface area contributed by atoms with Gasteiger partial charge in [0, 0.05) is 16.5 Å². The summed E-state index contributed by atoms with van der Waals surface area (Å²) in [6, 6.07) is 22.4. The highest BCUT2D eigenvalue weighted by Crippen LogP contribution is 2.33. The lowest BCUT2D eigenvalue weighted by atomic mass is 9.95. The van der Waals surface area contributed by atoms with Gasteiger partial charge in [-0.25, -0.2) is 8.78 Å². The van der Waals surface area contributed by atoms with E-state index in [0.29, 0.717) is 22.1 Å². The highest BCUT2D eigenvalue weighted by atomic mass is 19.1. The third-order valence-corrected chi connectivity index (χ3v) is 5.74. The fourth-order valence-corrected chi connectivity index (χ4v) is 4.04. The molecule has 0 radical (unpaired) electrons. The van der Waals surface area contributed by atoms with Gasteiger partial charge in [0.1, 0.15) is 11.6 Å². The van der Waals surface area contributed by atoms with Crippen LogP contribution < -0.4 is 0 Å². The van der Waals surface area contributed by atoms with Crippen LogP contribution in [0.3, 0.4) is 0 Å². The molecule has 0 aromatic heterocycles. The average molecular weight is 413 g/mol. The van der Waals surface area contributed by atoms with Crippen molar-refractivity contribution >= 4 is 10.8 Å². The highest BCUT2D eigenvalue weighted by Gasteiger charge is 2.13. The third-order valence-electron chi connectivity index (χ3n) is 5.74. The van der Waals surface area contributed by atoms with Crippen molar-refractivity contribution in [1.29, 1.82) is 0 Å². The van der Waals surface area contributed by atoms with E-state index >= 15 is 4.39 Å². The molecule has 0 unspecified atom stereocenters. The fraction of sp³-hybridized carbons (Fsp3) is 0.172. The molecule has 0 fully saturated rings. The number of fused-ring (bicyclic) bond motifs is 1. The summed E-state index contributed by atoms with van der Waals surface area (Å²) in [5.74, 6) is -0.659. The number of hydrogen-bond donors (Lipinski definition) is 0. The van der Waals surface area contributed by atoms with E-state index in [2.05, 4.69) is 13.5 Å². The molecule has 4 aromatic carbocycles. The zero-order valence-corrected chi connectivity index (χ0v) is 17.8. The predicted molar refractivity (Wildman–Crippen MR) is 127 cm³/mol. The van der Waals surface area contributed by atoms with Crippen molar-refractivity contribution in [1.82, 2.24) is 0 Å². The maximum Gasteiger partial charge on any atom is 0.138 e. The Morgan fingerprint density at radius 2 is 1.45 bits per heavy atom. The SMILES string of the molecule is C=CCCc1ccc(-c2ccc(-c3ccc4cc(CCC)ccc4c3F)cc2F)cc1. The number of benzene rings is 4. The molecule has 0 bridgehead atoms. The van der Waals surface area contributed by atoms with E-state index in [1.165, 1.54) is 17.2 Å². The summed E-state index contributed by atoms with van der Waals surface area (Å²) >= 11 is 0. The molecule has 156 valence electrons. The lowest BCUT2D eigenvalue weighted by molar-refractivity contribution is 0.630. The van der Waals surface area contributed by atoms with Gasteiger partial charge in [-0.3, -0.25) is 0 Å². The highest BCUT2D eigenvalue weighted by molar-refractivity contribution is 5.89. The molecule has 0 spiro atoms. The van der Waals surface area contributed by atoms with E-state index in [0.717, 1.165) is 36.6 Å². The Morgan fingerprint density at radius 3 is 2.16 bits per heavy atom. The smallest absolute Gasteiger partial charge is 0.138 e. The van der Waals surface area contributed by atoms with Crippen LogP contribution in [0.1, 0.15) is 30.9 Å². The van der Waals surface area contributed by atoms with Gasteiger partial charge in [-0.15, -0.1) is 6.58 Å². The van der Waals surface area contributed by atoms with E-state index in [1.54, 1.807) is 18.2 Å². The molecule has 31 heavy (non-hydrogen) atoms. The number of allylic oxidation sites excluding steroid dienone is 1. The van der Waals surface area contributed by atoms with Gasteiger partial charge in [0.25, 0.3) is 0 Å². The van der Waals surface area contributed by atoms with E-state index in [9.17, 15) is 4.39 Å². The lowest BCUT2D eigenvalue weighted by Gasteiger charge is -2.11. The largest absolute Gasteiger partial charge is 0.206 e. The molecular formula is C29H26F2. The summed E-state index contributed by atoms with van der Waals surface area (Å²) in [7, 11) is 0. The molecule has 0 saturated heterocycles. The van der Waals surface area contributed by atoms with Crippen molar-refractivity contribution in [3.8, 4) is 22.3 Å². The standard InChI is InChI=1S/C29H26F2/c1-3-5-7-20-8-11-22(12-9-20)25-16-13-24(19-28(25)30)27-17-14-23-18-21(6-4-2)10-15-26(23)29(27)31/h3,8-19H,1,4-7H2,2H3. The minimum Gasteiger partial charge on any atom is -0.206 e. The van der Waals surface area contributed by atoms with Crippen LogP contribution >= 0.6 is 0 Å². The van der Waals surface area contributed by atoms with Crippen LogP contribution in [0.25, 0.3) is 33.0 Å². The van der Waals surface area contributed by atoms with Crippen molar-refractivity contribution in [3.63, 3.8) is 0 Å². The van der Waals surface area contributed by atoms with Crippen molar-refractivity contribution in [2.75, 3.05) is 0 Å². The first-order valence-corrected chi connectivity index (χ1v) is 10.8. The van der Waals surface area contributed by atoms with Crippen LogP contribution in [-0.2, 0) is 12.8 Å². The van der Waals surface area contributed by atoms with E-state index in [4.69, 9.17) is 0 Å². The van der Waals surface area contributed by atoms with Crippen LogP contribution in [-0.4, -0.2) is 0 Å². The summed E-state index contributed by atoms with van der Waals surface area (Å²) in [4.78, 5) is 0. The summed E-state index contributed by atoms with van der Waals surface area (Å²) in [6.07, 6.45) is 5.75. The van der Waals surface area contributed by atoms with E-state index in [1.807, 2.05) is 54.6 Å². The molecule has 4 aromatic rings. The molecule has 0 saturated carbocycles. The zero-order chi connectivity index (χ0) is 21.8. The van der Waals surface area contributed by atoms with Crippen molar-refractivity contribution in [2.45, 2.75) is 32.6 Å². The number of hydrogen-bond acceptors (Lipinski definition) is 0. The number of aryl methyl sites for hydroxylation is 2. The van der Waals surface area contributed by atoms with Gasteiger partial charge < -0.3 is 0 Å². The molecule has 0 N–H and O–H groups in total. The van der Waals surface area contributed by atoms with Gasteiger partial charge in [-0.1, -0.05) is 86.2 Å². The maximum absolute atomic E-state index is 15.2. The van der Waals surface area contributed by atoms with Crippen LogP contribution in [0.15, 0.2) is 85.5 Å². The Hall–Kier alpha value is -3.26. The topological polar surface area (TPSA) is 0 Å². The average Bonchev–Trinajstić information content (AvgIpc) is 2.78. The molecule has 0 heterocycles. The second-order valence-electron chi connectivity index (χ2n) is 7.95. The number of halogens is 2. The Bertz CT molecular complexity index is 1220. The second-order valence-corrected chi connectivity index (χ2v) is 7.95. The molecule has 0 amide bonds. The molecule has 0 atom stereocenters. The first kappa shape index (κ1) is 21.0. The Labute approximate surface area is 182 Å². The maximum atomic E-state index is 15.2. The normalized spacial score (nSPS) is 11.1. The van der Waals surface area contributed by atoms with Gasteiger partial charge in [0.15, 0.2) is 0 Å². The third kappa shape index (κ3) is 4.44. The van der Waals surface area contributed by atoms with Crippen molar-refractivity contribution in [2.24, 2.45) is 0 Å². The summed E-state index contributed by atoms with van der Waals surface area (Å²) in [6.45, 7) is 5.87. The predicted octanol–water partition coefficient (Wildman–Crippen LogP) is 8.52. The molecule has 2 heteroatoms. The summed E-state index contributed by atoms with van der Waals surface area (Å²) < 4.78 is 30.2. The van der Waals surface area contributed by atoms with Crippen molar-refractivity contribution in [3.05, 3.63) is 108 Å². The van der Waals surface area contributed by atoms with Crippen LogP contribution in [0.4, 0.5) is 8.78 Å². The monoisotopic (exact) mass is 412 g/mol. The summed E-state index contributed by atoms with van der Waals surface area (Å²) in [5.41, 5.74) is 4.69. The molecule has 0 aliphatic carbocycles. The van der Waals surface area contributed by atoms with Gasteiger partial charge in [-0.2, -0.15) is 0 Å². The lowest BCUT2D eigenvalue weighted by Crippen LogP contribution is -1.92. The molecule has 0 aliphatic rings. The fourth-order valence-electron chi connectivity index (χ4n) is 4.04. The molecule has 0 nitrogen and oxygen atoms in total. The minimum atomic E-state index is -0.353. The van der Waals surface area contributed by atoms with E-state index < -0.39 is 0 Å². The quantitative estimate of drug-likeness (QED) is 0.267. The Morgan fingerprint density at radius 1 is 0.742 bits per heavy atom. The van der Waals surface area contributed by atoms with E-state index in [-0.39, 0.29) is 11.6 Å². The Balaban J connectivity index is 1.66. The zero-order valence-electron chi connectivity index (χ0n) is 17.8.